The van der Waals surface area contributed by atoms with Crippen LogP contribution in [0.1, 0.15) is 42.5 Å². The van der Waals surface area contributed by atoms with E-state index in [9.17, 15) is 9.59 Å². The average molecular weight is 337 g/mol. The first kappa shape index (κ1) is 16.1. The summed E-state index contributed by atoms with van der Waals surface area (Å²) in [5, 5.41) is 4.59. The number of rotatable bonds is 3. The molecule has 2 heterocycles. The van der Waals surface area contributed by atoms with Gasteiger partial charge >= 0.3 is 0 Å². The topological polar surface area (TPSA) is 55.2 Å². The molecule has 0 radical (unpaired) electrons. The summed E-state index contributed by atoms with van der Waals surface area (Å²) >= 11 is 0. The molecule has 5 nitrogen and oxygen atoms in total. The van der Waals surface area contributed by atoms with Crippen LogP contribution in [-0.4, -0.2) is 21.6 Å². The third kappa shape index (κ3) is 2.68. The Bertz CT molecular complexity index is 815. The lowest BCUT2D eigenvalue weighted by Crippen LogP contribution is -2.31. The lowest BCUT2D eigenvalue weighted by Gasteiger charge is -2.19. The van der Waals surface area contributed by atoms with Gasteiger partial charge in [0.2, 0.25) is 11.8 Å². The molecule has 2 fully saturated rings. The number of aryl methyl sites for hydroxylation is 2. The van der Waals surface area contributed by atoms with Crippen molar-refractivity contribution in [2.45, 2.75) is 46.1 Å². The number of hydrogen-bond donors (Lipinski definition) is 0. The van der Waals surface area contributed by atoms with Gasteiger partial charge in [0.15, 0.2) is 5.82 Å². The van der Waals surface area contributed by atoms with Crippen LogP contribution >= 0.6 is 0 Å². The molecule has 1 aromatic heterocycles. The van der Waals surface area contributed by atoms with Gasteiger partial charge in [-0.3, -0.25) is 14.3 Å². The van der Waals surface area contributed by atoms with Crippen molar-refractivity contribution in [1.82, 2.24) is 9.78 Å². The number of carbonyl (C=O) groups is 2. The van der Waals surface area contributed by atoms with Crippen LogP contribution in [-0.2, 0) is 16.1 Å². The molecule has 0 N–H and O–H groups in total. The normalized spacial score (nSPS) is 23.2. The molecular formula is C20H23N3O2. The van der Waals surface area contributed by atoms with Crippen molar-refractivity contribution in [3.63, 3.8) is 0 Å². The average Bonchev–Trinajstić information content (AvgIpc) is 3.08. The Kier molecular flexibility index (Phi) is 3.94. The van der Waals surface area contributed by atoms with Gasteiger partial charge in [0.25, 0.3) is 0 Å². The molecular weight excluding hydrogens is 314 g/mol. The van der Waals surface area contributed by atoms with Crippen LogP contribution in [0.3, 0.4) is 0 Å². The monoisotopic (exact) mass is 337 g/mol. The number of nitrogens with zero attached hydrogens (tertiary/aromatic N) is 3. The maximum Gasteiger partial charge on any atom is 0.238 e. The van der Waals surface area contributed by atoms with Crippen molar-refractivity contribution in [1.29, 1.82) is 0 Å². The van der Waals surface area contributed by atoms with Gasteiger partial charge < -0.3 is 0 Å². The smallest absolute Gasteiger partial charge is 0.238 e. The molecule has 2 amide bonds. The van der Waals surface area contributed by atoms with E-state index in [1.165, 1.54) is 16.0 Å². The van der Waals surface area contributed by atoms with Crippen LogP contribution in [0.4, 0.5) is 5.82 Å². The van der Waals surface area contributed by atoms with E-state index in [0.29, 0.717) is 12.4 Å². The highest BCUT2D eigenvalue weighted by molar-refractivity contribution is 6.21. The van der Waals surface area contributed by atoms with Crippen molar-refractivity contribution in [3.8, 4) is 0 Å². The molecule has 2 aromatic rings. The Hall–Kier alpha value is -2.43. The first-order valence-corrected chi connectivity index (χ1v) is 9.03. The summed E-state index contributed by atoms with van der Waals surface area (Å²) in [6, 6.07) is 10.0. The summed E-state index contributed by atoms with van der Waals surface area (Å²) in [7, 11) is 0. The number of fused-ring (bicyclic) bond motifs is 1. The van der Waals surface area contributed by atoms with Gasteiger partial charge in [-0.25, -0.2) is 4.90 Å². The van der Waals surface area contributed by atoms with E-state index in [0.717, 1.165) is 31.4 Å². The number of hydrogen-bond acceptors (Lipinski definition) is 3. The minimum Gasteiger partial charge on any atom is -0.274 e. The second kappa shape index (κ2) is 6.14. The van der Waals surface area contributed by atoms with E-state index in [-0.39, 0.29) is 23.7 Å². The summed E-state index contributed by atoms with van der Waals surface area (Å²) < 4.78 is 1.88. The Morgan fingerprint density at radius 2 is 1.68 bits per heavy atom. The summed E-state index contributed by atoms with van der Waals surface area (Å²) in [6.07, 6.45) is 3.73. The van der Waals surface area contributed by atoms with Gasteiger partial charge in [-0.1, -0.05) is 37.1 Å². The molecule has 25 heavy (non-hydrogen) atoms. The Balaban J connectivity index is 1.63. The third-order valence-corrected chi connectivity index (χ3v) is 5.62. The van der Waals surface area contributed by atoms with E-state index in [1.807, 2.05) is 29.8 Å². The highest BCUT2D eigenvalue weighted by atomic mass is 16.2. The van der Waals surface area contributed by atoms with Crippen LogP contribution in [0.25, 0.3) is 0 Å². The fourth-order valence-corrected chi connectivity index (χ4v) is 4.10. The molecule has 0 unspecified atom stereocenters. The highest BCUT2D eigenvalue weighted by Gasteiger charge is 2.49. The van der Waals surface area contributed by atoms with Gasteiger partial charge in [0.1, 0.15) is 0 Å². The predicted octanol–water partition coefficient (Wildman–Crippen LogP) is 3.23. The van der Waals surface area contributed by atoms with Crippen LogP contribution in [0.2, 0.25) is 0 Å². The van der Waals surface area contributed by atoms with Gasteiger partial charge in [0.05, 0.1) is 18.4 Å². The molecule has 0 spiro atoms. The lowest BCUT2D eigenvalue weighted by atomic mass is 9.81. The molecule has 2 aliphatic rings. The predicted molar refractivity (Wildman–Crippen MR) is 95.2 cm³/mol. The molecule has 2 atom stereocenters. The van der Waals surface area contributed by atoms with E-state index < -0.39 is 0 Å². The first-order chi connectivity index (χ1) is 12.1. The molecule has 0 bridgehead atoms. The Morgan fingerprint density at radius 3 is 2.32 bits per heavy atom. The van der Waals surface area contributed by atoms with Crippen LogP contribution in [0.5, 0.6) is 0 Å². The molecule has 1 saturated carbocycles. The van der Waals surface area contributed by atoms with Crippen LogP contribution in [0.15, 0.2) is 30.3 Å². The van der Waals surface area contributed by atoms with E-state index in [2.05, 4.69) is 24.2 Å². The SMILES string of the molecule is Cc1ccccc1Cn1nc(N2C(=O)[C@H]3CCCC[C@H]3C2=O)cc1C. The molecule has 1 aliphatic carbocycles. The fourth-order valence-electron chi connectivity index (χ4n) is 4.10. The largest absolute Gasteiger partial charge is 0.274 e. The number of carbonyl (C=O) groups excluding carboxylic acids is 2. The third-order valence-electron chi connectivity index (χ3n) is 5.62. The molecule has 5 heteroatoms. The summed E-state index contributed by atoms with van der Waals surface area (Å²) in [5.74, 6) is 0.0899. The van der Waals surface area contributed by atoms with E-state index in [1.54, 1.807) is 0 Å². The zero-order valence-corrected chi connectivity index (χ0v) is 14.7. The van der Waals surface area contributed by atoms with Crippen molar-refractivity contribution >= 4 is 17.6 Å². The fraction of sp³-hybridized carbons (Fsp3) is 0.450. The maximum absolute atomic E-state index is 12.7. The van der Waals surface area contributed by atoms with Gasteiger partial charge in [-0.2, -0.15) is 5.10 Å². The van der Waals surface area contributed by atoms with Crippen molar-refractivity contribution in [2.24, 2.45) is 11.8 Å². The maximum atomic E-state index is 12.7. The summed E-state index contributed by atoms with van der Waals surface area (Å²) in [6.45, 7) is 4.68. The van der Waals surface area contributed by atoms with Crippen LogP contribution < -0.4 is 4.90 Å². The molecule has 1 aromatic carbocycles. The van der Waals surface area contributed by atoms with Gasteiger partial charge in [-0.15, -0.1) is 0 Å². The number of aromatic nitrogens is 2. The minimum atomic E-state index is -0.136. The highest BCUT2D eigenvalue weighted by Crippen LogP contribution is 2.39. The Morgan fingerprint density at radius 1 is 1.04 bits per heavy atom. The zero-order chi connectivity index (χ0) is 17.6. The van der Waals surface area contributed by atoms with E-state index in [4.69, 9.17) is 0 Å². The van der Waals surface area contributed by atoms with Crippen LogP contribution in [0, 0.1) is 25.7 Å². The number of anilines is 1. The summed E-state index contributed by atoms with van der Waals surface area (Å²) in [5.41, 5.74) is 3.35. The second-order valence-electron chi connectivity index (χ2n) is 7.24. The van der Waals surface area contributed by atoms with E-state index >= 15 is 0 Å². The van der Waals surface area contributed by atoms with Crippen molar-refractivity contribution < 1.29 is 9.59 Å². The lowest BCUT2D eigenvalue weighted by molar-refractivity contribution is -0.122. The van der Waals surface area contributed by atoms with Gasteiger partial charge in [-0.05, 0) is 37.8 Å². The number of imide groups is 1. The molecule has 1 saturated heterocycles. The first-order valence-electron chi connectivity index (χ1n) is 9.03. The zero-order valence-electron chi connectivity index (χ0n) is 14.7. The molecule has 130 valence electrons. The second-order valence-corrected chi connectivity index (χ2v) is 7.24. The quantitative estimate of drug-likeness (QED) is 0.808. The number of benzene rings is 1. The van der Waals surface area contributed by atoms with Crippen molar-refractivity contribution in [3.05, 3.63) is 47.2 Å². The van der Waals surface area contributed by atoms with Gasteiger partial charge in [0, 0.05) is 11.8 Å². The standard InChI is InChI=1S/C20H23N3O2/c1-13-7-3-4-8-15(13)12-22-14(2)11-18(21-22)23-19(24)16-9-5-6-10-17(16)20(23)25/h3-4,7-8,11,16-17H,5-6,9-10,12H2,1-2H3/t16-,17+. The molecule has 1 aliphatic heterocycles. The van der Waals surface area contributed by atoms with Crippen molar-refractivity contribution in [2.75, 3.05) is 4.90 Å². The Labute approximate surface area is 147 Å². The summed E-state index contributed by atoms with van der Waals surface area (Å²) in [4.78, 5) is 26.8. The number of amides is 2. The minimum absolute atomic E-state index is 0.0600. The molecule has 4 rings (SSSR count).